The highest BCUT2D eigenvalue weighted by Gasteiger charge is 2.02. The first-order valence-corrected chi connectivity index (χ1v) is 5.22. The minimum Gasteiger partial charge on any atom is -0.456 e. The van der Waals surface area contributed by atoms with Crippen LogP contribution >= 0.6 is 11.6 Å². The molecule has 0 aliphatic carbocycles. The maximum atomic E-state index is 5.81. The van der Waals surface area contributed by atoms with Crippen molar-refractivity contribution in [3.05, 3.63) is 60.2 Å². The van der Waals surface area contributed by atoms with Crippen LogP contribution in [-0.4, -0.2) is 0 Å². The van der Waals surface area contributed by atoms with Crippen molar-refractivity contribution in [2.45, 2.75) is 5.88 Å². The van der Waals surface area contributed by atoms with Crippen LogP contribution < -0.4 is 4.74 Å². The number of ether oxygens (including phenoxy) is 1. The molecule has 0 aromatic heterocycles. The summed E-state index contributed by atoms with van der Waals surface area (Å²) >= 11 is 5.81. The van der Waals surface area contributed by atoms with E-state index in [2.05, 4.69) is 6.07 Å². The van der Waals surface area contributed by atoms with Crippen LogP contribution in [0, 0.1) is 6.07 Å². The maximum Gasteiger partial charge on any atom is 0.135 e. The molecule has 1 nitrogen and oxygen atoms in total. The predicted octanol–water partition coefficient (Wildman–Crippen LogP) is 4.02. The lowest BCUT2D eigenvalue weighted by molar-refractivity contribution is 0.477. The van der Waals surface area contributed by atoms with E-state index in [1.807, 2.05) is 48.5 Å². The lowest BCUT2D eigenvalue weighted by atomic mass is 10.2. The minimum absolute atomic E-state index is 0.447. The van der Waals surface area contributed by atoms with Crippen molar-refractivity contribution in [1.29, 1.82) is 0 Å². The lowest BCUT2D eigenvalue weighted by Crippen LogP contribution is -1.88. The zero-order chi connectivity index (χ0) is 10.5. The third-order valence-corrected chi connectivity index (χ3v) is 2.30. The van der Waals surface area contributed by atoms with E-state index in [-0.39, 0.29) is 0 Å². The molecular weight excluding hydrogens is 208 g/mol. The zero-order valence-electron chi connectivity index (χ0n) is 8.11. The summed E-state index contributed by atoms with van der Waals surface area (Å²) in [7, 11) is 0. The van der Waals surface area contributed by atoms with Crippen LogP contribution in [0.1, 0.15) is 5.56 Å². The van der Waals surface area contributed by atoms with Gasteiger partial charge in [-0.2, -0.15) is 0 Å². The van der Waals surface area contributed by atoms with E-state index >= 15 is 0 Å². The van der Waals surface area contributed by atoms with Gasteiger partial charge in [-0.25, -0.2) is 0 Å². The molecular formula is C13H10ClO. The first kappa shape index (κ1) is 10.1. The number of para-hydroxylation sites is 2. The van der Waals surface area contributed by atoms with Gasteiger partial charge < -0.3 is 4.74 Å². The van der Waals surface area contributed by atoms with E-state index in [1.54, 1.807) is 0 Å². The topological polar surface area (TPSA) is 9.23 Å². The molecule has 0 aliphatic heterocycles. The summed E-state index contributed by atoms with van der Waals surface area (Å²) in [6.45, 7) is 0. The fraction of sp³-hybridized carbons (Fsp3) is 0.0769. The first-order valence-electron chi connectivity index (χ1n) is 4.68. The Morgan fingerprint density at radius 2 is 1.87 bits per heavy atom. The lowest BCUT2D eigenvalue weighted by Gasteiger charge is -2.08. The van der Waals surface area contributed by atoms with Crippen LogP contribution in [-0.2, 0) is 5.88 Å². The van der Waals surface area contributed by atoms with Gasteiger partial charge in [-0.3, -0.25) is 0 Å². The molecule has 2 aromatic rings. The Kier molecular flexibility index (Phi) is 3.25. The summed E-state index contributed by atoms with van der Waals surface area (Å²) in [5.74, 6) is 1.94. The number of hydrogen-bond donors (Lipinski definition) is 0. The van der Waals surface area contributed by atoms with E-state index in [0.717, 1.165) is 11.3 Å². The second-order valence-corrected chi connectivity index (χ2v) is 3.34. The molecule has 0 amide bonds. The Morgan fingerprint density at radius 1 is 1.07 bits per heavy atom. The molecule has 0 spiro atoms. The molecule has 0 atom stereocenters. The maximum absolute atomic E-state index is 5.81. The van der Waals surface area contributed by atoms with Crippen LogP contribution in [0.4, 0.5) is 0 Å². The third kappa shape index (κ3) is 2.51. The van der Waals surface area contributed by atoms with E-state index in [0.29, 0.717) is 11.6 Å². The molecule has 75 valence electrons. The van der Waals surface area contributed by atoms with Crippen LogP contribution in [0.3, 0.4) is 0 Å². The predicted molar refractivity (Wildman–Crippen MR) is 61.4 cm³/mol. The van der Waals surface area contributed by atoms with Gasteiger partial charge in [-0.05, 0) is 12.1 Å². The van der Waals surface area contributed by atoms with Gasteiger partial charge in [-0.15, -0.1) is 11.6 Å². The molecule has 0 unspecified atom stereocenters. The van der Waals surface area contributed by atoms with Crippen LogP contribution in [0.15, 0.2) is 48.5 Å². The Labute approximate surface area is 94.3 Å². The minimum atomic E-state index is 0.447. The van der Waals surface area contributed by atoms with Gasteiger partial charge in [-0.1, -0.05) is 36.4 Å². The highest BCUT2D eigenvalue weighted by molar-refractivity contribution is 6.17. The highest BCUT2D eigenvalue weighted by Crippen LogP contribution is 2.25. The molecule has 0 aliphatic rings. The molecule has 0 fully saturated rings. The SMILES string of the molecule is ClCc1ccccc1Oc1[c]cccc1. The number of halogens is 1. The molecule has 2 aromatic carbocycles. The van der Waals surface area contributed by atoms with Crippen molar-refractivity contribution in [2.75, 3.05) is 0 Å². The molecule has 2 heteroatoms. The number of hydrogen-bond acceptors (Lipinski definition) is 1. The molecule has 2 rings (SSSR count). The van der Waals surface area contributed by atoms with Gasteiger partial charge in [0.25, 0.3) is 0 Å². The van der Waals surface area contributed by atoms with Gasteiger partial charge in [0, 0.05) is 11.6 Å². The van der Waals surface area contributed by atoms with E-state index in [1.165, 1.54) is 0 Å². The molecule has 0 bridgehead atoms. The molecule has 0 N–H and O–H groups in total. The fourth-order valence-corrected chi connectivity index (χ4v) is 1.49. The number of alkyl halides is 1. The quantitative estimate of drug-likeness (QED) is 0.706. The van der Waals surface area contributed by atoms with Crippen molar-refractivity contribution in [3.63, 3.8) is 0 Å². The average molecular weight is 218 g/mol. The third-order valence-electron chi connectivity index (χ3n) is 2.02. The van der Waals surface area contributed by atoms with Crippen molar-refractivity contribution in [1.82, 2.24) is 0 Å². The number of benzene rings is 2. The summed E-state index contributed by atoms with van der Waals surface area (Å²) in [5.41, 5.74) is 0.983. The Bertz CT molecular complexity index is 426. The van der Waals surface area contributed by atoms with Gasteiger partial charge in [0.15, 0.2) is 0 Å². The van der Waals surface area contributed by atoms with Gasteiger partial charge >= 0.3 is 0 Å². The second-order valence-electron chi connectivity index (χ2n) is 3.07. The van der Waals surface area contributed by atoms with Crippen molar-refractivity contribution < 1.29 is 4.74 Å². The number of rotatable bonds is 3. The van der Waals surface area contributed by atoms with Crippen molar-refractivity contribution in [3.8, 4) is 11.5 Å². The summed E-state index contributed by atoms with van der Waals surface area (Å²) < 4.78 is 5.66. The first-order chi connectivity index (χ1) is 7.40. The van der Waals surface area contributed by atoms with Gasteiger partial charge in [0.1, 0.15) is 11.5 Å². The summed E-state index contributed by atoms with van der Waals surface area (Å²) in [5, 5.41) is 0. The monoisotopic (exact) mass is 217 g/mol. The Balaban J connectivity index is 2.24. The molecule has 0 saturated carbocycles. The van der Waals surface area contributed by atoms with Crippen LogP contribution in [0.2, 0.25) is 0 Å². The fourth-order valence-electron chi connectivity index (χ4n) is 1.27. The largest absolute Gasteiger partial charge is 0.456 e. The van der Waals surface area contributed by atoms with Crippen molar-refractivity contribution in [2.24, 2.45) is 0 Å². The molecule has 0 saturated heterocycles. The van der Waals surface area contributed by atoms with E-state index in [4.69, 9.17) is 16.3 Å². The average Bonchev–Trinajstić information content (AvgIpc) is 2.31. The summed E-state index contributed by atoms with van der Waals surface area (Å²) in [6, 6.07) is 18.2. The van der Waals surface area contributed by atoms with E-state index in [9.17, 15) is 0 Å². The Morgan fingerprint density at radius 3 is 2.60 bits per heavy atom. The van der Waals surface area contributed by atoms with Gasteiger partial charge in [0.2, 0.25) is 0 Å². The summed E-state index contributed by atoms with van der Waals surface area (Å²) in [4.78, 5) is 0. The van der Waals surface area contributed by atoms with Gasteiger partial charge in [0.05, 0.1) is 5.88 Å². The molecule has 15 heavy (non-hydrogen) atoms. The zero-order valence-corrected chi connectivity index (χ0v) is 8.87. The smallest absolute Gasteiger partial charge is 0.135 e. The normalized spacial score (nSPS) is 9.93. The standard InChI is InChI=1S/C13H10ClO/c14-10-11-6-4-5-9-13(11)15-12-7-2-1-3-8-12/h1-7,9H,10H2. The molecule has 1 radical (unpaired) electrons. The van der Waals surface area contributed by atoms with Crippen molar-refractivity contribution >= 4 is 11.6 Å². The van der Waals surface area contributed by atoms with Crippen LogP contribution in [0.25, 0.3) is 0 Å². The Hall–Kier alpha value is -1.47. The second kappa shape index (κ2) is 4.85. The summed E-state index contributed by atoms with van der Waals surface area (Å²) in [6.07, 6.45) is 0. The molecule has 0 heterocycles. The highest BCUT2D eigenvalue weighted by atomic mass is 35.5. The van der Waals surface area contributed by atoms with E-state index < -0.39 is 0 Å². The van der Waals surface area contributed by atoms with Crippen LogP contribution in [0.5, 0.6) is 11.5 Å².